The second kappa shape index (κ2) is 7.99. The van der Waals surface area contributed by atoms with Gasteiger partial charge in [-0.15, -0.1) is 0 Å². The van der Waals surface area contributed by atoms with Gasteiger partial charge in [0.2, 0.25) is 0 Å². The number of benzene rings is 2. The molecule has 6 nitrogen and oxygen atoms in total. The summed E-state index contributed by atoms with van der Waals surface area (Å²) in [5.41, 5.74) is 3.62. The fourth-order valence-electron chi connectivity index (χ4n) is 2.30. The zero-order valence-electron chi connectivity index (χ0n) is 14.2. The lowest BCUT2D eigenvalue weighted by Crippen LogP contribution is -2.12. The Kier molecular flexibility index (Phi) is 5.30. The predicted molar refractivity (Wildman–Crippen MR) is 95.7 cm³/mol. The largest absolute Gasteiger partial charge is 0.490 e. The van der Waals surface area contributed by atoms with Crippen molar-refractivity contribution in [2.24, 2.45) is 0 Å². The highest BCUT2D eigenvalue weighted by Crippen LogP contribution is 2.18. The van der Waals surface area contributed by atoms with Crippen LogP contribution in [0.2, 0.25) is 0 Å². The quantitative estimate of drug-likeness (QED) is 0.545. The van der Waals surface area contributed by atoms with Gasteiger partial charge in [-0.3, -0.25) is 5.10 Å². The van der Waals surface area contributed by atoms with Crippen LogP contribution in [0.3, 0.4) is 0 Å². The van der Waals surface area contributed by atoms with E-state index in [1.807, 2.05) is 37.3 Å². The lowest BCUT2D eigenvalue weighted by Gasteiger charge is -2.06. The molecule has 0 radical (unpaired) electrons. The summed E-state index contributed by atoms with van der Waals surface area (Å²) in [6, 6.07) is 18.3. The van der Waals surface area contributed by atoms with Crippen LogP contribution in [0.4, 0.5) is 0 Å². The number of aryl methyl sites for hydroxylation is 1. The van der Waals surface area contributed by atoms with E-state index in [0.29, 0.717) is 22.7 Å². The summed E-state index contributed by atoms with van der Waals surface area (Å²) < 4.78 is 10.6. The summed E-state index contributed by atoms with van der Waals surface area (Å²) >= 11 is 0. The van der Waals surface area contributed by atoms with Gasteiger partial charge in [0.15, 0.2) is 0 Å². The zero-order valence-corrected chi connectivity index (χ0v) is 14.2. The Labute approximate surface area is 151 Å². The number of aromatic nitrogens is 2. The average Bonchev–Trinajstić information content (AvgIpc) is 3.16. The van der Waals surface area contributed by atoms with Crippen LogP contribution in [0.25, 0.3) is 11.3 Å². The number of aromatic amines is 1. The van der Waals surface area contributed by atoms with E-state index in [0.717, 1.165) is 11.1 Å². The first-order valence-corrected chi connectivity index (χ1v) is 8.08. The normalized spacial score (nSPS) is 10.2. The number of hydrogen-bond acceptors (Lipinski definition) is 5. The standard InChI is InChI=1S/C20H17N3O3/c1-14-2-6-16(7-3-14)18-12-19(23-22-18)20(24)26-11-10-25-17-8-4-15(13-21)5-9-17/h2-9,12H,10-11H2,1H3,(H,22,23). The molecule has 0 bridgehead atoms. The molecule has 1 heterocycles. The number of nitrogens with one attached hydrogen (secondary N) is 1. The Hall–Kier alpha value is -3.59. The maximum atomic E-state index is 12.1. The molecule has 0 aliphatic rings. The molecule has 3 aromatic rings. The van der Waals surface area contributed by atoms with Crippen molar-refractivity contribution in [3.8, 4) is 23.1 Å². The van der Waals surface area contributed by atoms with Crippen LogP contribution in [0, 0.1) is 18.3 Å². The van der Waals surface area contributed by atoms with Crippen molar-refractivity contribution in [1.29, 1.82) is 5.26 Å². The molecule has 0 amide bonds. The van der Waals surface area contributed by atoms with Gasteiger partial charge in [0, 0.05) is 5.56 Å². The molecular weight excluding hydrogens is 330 g/mol. The highest BCUT2D eigenvalue weighted by Gasteiger charge is 2.12. The monoisotopic (exact) mass is 347 g/mol. The number of nitrogens with zero attached hydrogens (tertiary/aromatic N) is 2. The van der Waals surface area contributed by atoms with Crippen molar-refractivity contribution in [3.05, 3.63) is 71.4 Å². The van der Waals surface area contributed by atoms with Crippen molar-refractivity contribution in [3.63, 3.8) is 0 Å². The molecule has 3 rings (SSSR count). The third-order valence-corrected chi connectivity index (χ3v) is 3.71. The van der Waals surface area contributed by atoms with Crippen LogP contribution in [0.1, 0.15) is 21.6 Å². The van der Waals surface area contributed by atoms with Gasteiger partial charge >= 0.3 is 5.97 Å². The number of rotatable bonds is 6. The van der Waals surface area contributed by atoms with Crippen molar-refractivity contribution >= 4 is 5.97 Å². The molecule has 130 valence electrons. The van der Waals surface area contributed by atoms with Crippen molar-refractivity contribution in [1.82, 2.24) is 10.2 Å². The van der Waals surface area contributed by atoms with Crippen LogP contribution in [0.5, 0.6) is 5.75 Å². The van der Waals surface area contributed by atoms with E-state index in [2.05, 4.69) is 10.2 Å². The fraction of sp³-hybridized carbons (Fsp3) is 0.150. The molecule has 1 N–H and O–H groups in total. The maximum absolute atomic E-state index is 12.1. The van der Waals surface area contributed by atoms with Crippen LogP contribution < -0.4 is 4.74 Å². The van der Waals surface area contributed by atoms with Crippen LogP contribution in [0.15, 0.2) is 54.6 Å². The van der Waals surface area contributed by atoms with E-state index in [4.69, 9.17) is 14.7 Å². The Bertz CT molecular complexity index is 922. The van der Waals surface area contributed by atoms with E-state index < -0.39 is 5.97 Å². The third kappa shape index (κ3) is 4.28. The Morgan fingerprint density at radius 2 is 1.85 bits per heavy atom. The molecule has 0 saturated carbocycles. The number of carbonyl (C=O) groups is 1. The van der Waals surface area contributed by atoms with Gasteiger partial charge in [0.1, 0.15) is 24.7 Å². The average molecular weight is 347 g/mol. The minimum atomic E-state index is -0.487. The molecule has 1 aromatic heterocycles. The van der Waals surface area contributed by atoms with Crippen LogP contribution in [-0.2, 0) is 4.74 Å². The highest BCUT2D eigenvalue weighted by molar-refractivity contribution is 5.88. The highest BCUT2D eigenvalue weighted by atomic mass is 16.6. The summed E-state index contributed by atoms with van der Waals surface area (Å²) in [6.45, 7) is 2.34. The first-order chi connectivity index (χ1) is 12.7. The second-order valence-corrected chi connectivity index (χ2v) is 5.65. The van der Waals surface area contributed by atoms with Crippen molar-refractivity contribution in [2.45, 2.75) is 6.92 Å². The first-order valence-electron chi connectivity index (χ1n) is 8.08. The fourth-order valence-corrected chi connectivity index (χ4v) is 2.30. The Morgan fingerprint density at radius 3 is 2.54 bits per heavy atom. The lowest BCUT2D eigenvalue weighted by molar-refractivity contribution is 0.0443. The number of H-pyrrole nitrogens is 1. The SMILES string of the molecule is Cc1ccc(-c2cc(C(=O)OCCOc3ccc(C#N)cc3)[nH]n2)cc1. The molecule has 0 aliphatic heterocycles. The first kappa shape index (κ1) is 17.2. The number of esters is 1. The summed E-state index contributed by atoms with van der Waals surface area (Å²) in [4.78, 5) is 12.1. The molecule has 0 saturated heterocycles. The summed E-state index contributed by atoms with van der Waals surface area (Å²) in [7, 11) is 0. The van der Waals surface area contributed by atoms with Gasteiger partial charge in [-0.2, -0.15) is 10.4 Å². The summed E-state index contributed by atoms with van der Waals surface area (Å²) in [5, 5.41) is 15.6. The number of hydrogen-bond donors (Lipinski definition) is 1. The molecule has 0 fully saturated rings. The van der Waals surface area contributed by atoms with Gasteiger partial charge < -0.3 is 9.47 Å². The number of carbonyl (C=O) groups excluding carboxylic acids is 1. The number of ether oxygens (including phenoxy) is 2. The molecule has 26 heavy (non-hydrogen) atoms. The van der Waals surface area contributed by atoms with Crippen LogP contribution in [-0.4, -0.2) is 29.4 Å². The minimum Gasteiger partial charge on any atom is -0.490 e. The maximum Gasteiger partial charge on any atom is 0.356 e. The summed E-state index contributed by atoms with van der Waals surface area (Å²) in [5.74, 6) is 0.127. The van der Waals surface area contributed by atoms with E-state index in [-0.39, 0.29) is 13.2 Å². The van der Waals surface area contributed by atoms with Crippen LogP contribution >= 0.6 is 0 Å². The molecule has 0 aliphatic carbocycles. The van der Waals surface area contributed by atoms with Gasteiger partial charge in [-0.1, -0.05) is 29.8 Å². The van der Waals surface area contributed by atoms with Gasteiger partial charge in [0.05, 0.1) is 17.3 Å². The molecular formula is C20H17N3O3. The smallest absolute Gasteiger partial charge is 0.356 e. The topological polar surface area (TPSA) is 88.0 Å². The number of nitriles is 1. The van der Waals surface area contributed by atoms with E-state index in [9.17, 15) is 4.79 Å². The van der Waals surface area contributed by atoms with E-state index in [1.54, 1.807) is 30.3 Å². The van der Waals surface area contributed by atoms with E-state index >= 15 is 0 Å². The van der Waals surface area contributed by atoms with Gasteiger partial charge in [-0.05, 0) is 37.3 Å². The van der Waals surface area contributed by atoms with Gasteiger partial charge in [-0.25, -0.2) is 4.79 Å². The van der Waals surface area contributed by atoms with Crippen molar-refractivity contribution < 1.29 is 14.3 Å². The minimum absolute atomic E-state index is 0.109. The Morgan fingerprint density at radius 1 is 1.12 bits per heavy atom. The third-order valence-electron chi connectivity index (χ3n) is 3.71. The second-order valence-electron chi connectivity index (χ2n) is 5.65. The molecule has 6 heteroatoms. The molecule has 0 atom stereocenters. The summed E-state index contributed by atoms with van der Waals surface area (Å²) in [6.07, 6.45) is 0. The molecule has 0 unspecified atom stereocenters. The zero-order chi connectivity index (χ0) is 18.4. The van der Waals surface area contributed by atoms with E-state index in [1.165, 1.54) is 0 Å². The van der Waals surface area contributed by atoms with Crippen molar-refractivity contribution in [2.75, 3.05) is 13.2 Å². The Balaban J connectivity index is 1.49. The predicted octanol–water partition coefficient (Wildman–Crippen LogP) is 3.49. The molecule has 0 spiro atoms. The lowest BCUT2D eigenvalue weighted by atomic mass is 10.1. The molecule has 2 aromatic carbocycles. The van der Waals surface area contributed by atoms with Gasteiger partial charge in [0.25, 0.3) is 0 Å².